The van der Waals surface area contributed by atoms with E-state index in [1.165, 1.54) is 19.2 Å². The van der Waals surface area contributed by atoms with Gasteiger partial charge in [-0.1, -0.05) is 13.0 Å². The minimum atomic E-state index is -3.52. The monoisotopic (exact) mass is 311 g/mol. The summed E-state index contributed by atoms with van der Waals surface area (Å²) in [5, 5.41) is 6.03. The van der Waals surface area contributed by atoms with E-state index in [0.29, 0.717) is 12.2 Å². The zero-order valence-corrected chi connectivity index (χ0v) is 13.3. The van der Waals surface area contributed by atoms with E-state index in [-0.39, 0.29) is 22.6 Å². The minimum Gasteiger partial charge on any atom is -0.326 e. The number of nitrogens with one attached hydrogen (secondary N) is 3. The lowest BCUT2D eigenvalue weighted by molar-refractivity contribution is -0.120. The summed E-state index contributed by atoms with van der Waals surface area (Å²) in [5.41, 5.74) is 1.37. The first kappa shape index (κ1) is 15.9. The molecule has 3 N–H and O–H groups in total. The number of carbonyl (C=O) groups is 1. The van der Waals surface area contributed by atoms with Crippen LogP contribution in [0.4, 0.5) is 5.69 Å². The van der Waals surface area contributed by atoms with Crippen molar-refractivity contribution in [2.75, 3.05) is 25.5 Å². The molecular formula is C14H21N3O3S. The molecule has 1 saturated heterocycles. The van der Waals surface area contributed by atoms with Crippen molar-refractivity contribution in [1.29, 1.82) is 0 Å². The third-order valence-electron chi connectivity index (χ3n) is 3.90. The molecule has 21 heavy (non-hydrogen) atoms. The Morgan fingerprint density at radius 1 is 1.33 bits per heavy atom. The summed E-state index contributed by atoms with van der Waals surface area (Å²) in [6.07, 6.45) is 0. The van der Waals surface area contributed by atoms with Gasteiger partial charge in [0, 0.05) is 12.2 Å². The number of benzene rings is 1. The molecule has 0 aliphatic carbocycles. The van der Waals surface area contributed by atoms with E-state index in [9.17, 15) is 13.2 Å². The third-order valence-corrected chi connectivity index (χ3v) is 5.31. The highest BCUT2D eigenvalue weighted by molar-refractivity contribution is 7.89. The Kier molecular flexibility index (Phi) is 4.65. The Morgan fingerprint density at radius 2 is 2.05 bits per heavy atom. The lowest BCUT2D eigenvalue weighted by Crippen LogP contribution is -2.28. The fourth-order valence-corrected chi connectivity index (χ4v) is 3.16. The van der Waals surface area contributed by atoms with E-state index in [4.69, 9.17) is 0 Å². The normalized spacial score (nSPS) is 22.2. The Bertz CT molecular complexity index is 643. The smallest absolute Gasteiger partial charge is 0.240 e. The number of aryl methyl sites for hydroxylation is 1. The lowest BCUT2D eigenvalue weighted by atomic mass is 9.97. The molecule has 1 aromatic carbocycles. The van der Waals surface area contributed by atoms with Crippen molar-refractivity contribution in [2.45, 2.75) is 18.7 Å². The van der Waals surface area contributed by atoms with Crippen molar-refractivity contribution in [3.05, 3.63) is 23.8 Å². The maximum atomic E-state index is 12.3. The summed E-state index contributed by atoms with van der Waals surface area (Å²) in [4.78, 5) is 12.4. The number of sulfonamides is 1. The van der Waals surface area contributed by atoms with Crippen molar-refractivity contribution in [2.24, 2.45) is 11.8 Å². The molecule has 0 bridgehead atoms. The number of amides is 1. The fourth-order valence-electron chi connectivity index (χ4n) is 2.41. The molecule has 6 nitrogen and oxygen atoms in total. The highest BCUT2D eigenvalue weighted by Crippen LogP contribution is 2.23. The summed E-state index contributed by atoms with van der Waals surface area (Å²) in [6, 6.07) is 4.71. The number of carbonyl (C=O) groups excluding carboxylic acids is 1. The van der Waals surface area contributed by atoms with Crippen LogP contribution in [-0.4, -0.2) is 34.5 Å². The van der Waals surface area contributed by atoms with Crippen LogP contribution in [0.25, 0.3) is 0 Å². The number of rotatable bonds is 4. The van der Waals surface area contributed by atoms with E-state index in [0.717, 1.165) is 12.1 Å². The second kappa shape index (κ2) is 6.13. The lowest BCUT2D eigenvalue weighted by Gasteiger charge is -2.16. The molecule has 2 rings (SSSR count). The third kappa shape index (κ3) is 3.42. The second-order valence-electron chi connectivity index (χ2n) is 5.42. The topological polar surface area (TPSA) is 87.3 Å². The Morgan fingerprint density at radius 3 is 2.62 bits per heavy atom. The number of hydrogen-bond acceptors (Lipinski definition) is 4. The molecule has 1 aliphatic heterocycles. The molecule has 2 atom stereocenters. The predicted octanol–water partition coefficient (Wildman–Crippen LogP) is 0.697. The summed E-state index contributed by atoms with van der Waals surface area (Å²) in [5.74, 6) is 0.109. The van der Waals surface area contributed by atoms with Gasteiger partial charge in [0.1, 0.15) is 0 Å². The highest BCUT2D eigenvalue weighted by Gasteiger charge is 2.29. The zero-order chi connectivity index (χ0) is 15.6. The summed E-state index contributed by atoms with van der Waals surface area (Å²) in [6.45, 7) is 5.34. The van der Waals surface area contributed by atoms with Gasteiger partial charge < -0.3 is 10.6 Å². The van der Waals surface area contributed by atoms with E-state index >= 15 is 0 Å². The summed E-state index contributed by atoms with van der Waals surface area (Å²) >= 11 is 0. The predicted molar refractivity (Wildman–Crippen MR) is 81.6 cm³/mol. The van der Waals surface area contributed by atoms with E-state index in [1.54, 1.807) is 6.07 Å². The van der Waals surface area contributed by atoms with Crippen LogP contribution >= 0.6 is 0 Å². The average molecular weight is 311 g/mol. The van der Waals surface area contributed by atoms with Crippen LogP contribution in [0, 0.1) is 18.8 Å². The molecular weight excluding hydrogens is 290 g/mol. The largest absolute Gasteiger partial charge is 0.326 e. The average Bonchev–Trinajstić information content (AvgIpc) is 2.87. The molecule has 0 radical (unpaired) electrons. The van der Waals surface area contributed by atoms with Gasteiger partial charge in [0.25, 0.3) is 0 Å². The second-order valence-corrected chi connectivity index (χ2v) is 7.30. The van der Waals surface area contributed by atoms with Crippen molar-refractivity contribution in [1.82, 2.24) is 10.0 Å². The van der Waals surface area contributed by atoms with Gasteiger partial charge in [-0.25, -0.2) is 13.1 Å². The van der Waals surface area contributed by atoms with Gasteiger partial charge in [0.15, 0.2) is 0 Å². The Balaban J connectivity index is 2.23. The van der Waals surface area contributed by atoms with Crippen molar-refractivity contribution in [3.8, 4) is 0 Å². The first-order chi connectivity index (χ1) is 9.85. The van der Waals surface area contributed by atoms with Gasteiger partial charge in [-0.15, -0.1) is 0 Å². The maximum absolute atomic E-state index is 12.3. The van der Waals surface area contributed by atoms with Gasteiger partial charge in [-0.2, -0.15) is 0 Å². The van der Waals surface area contributed by atoms with Crippen LogP contribution in [0.5, 0.6) is 0 Å². The molecule has 0 saturated carbocycles. The Hall–Kier alpha value is -1.44. The molecule has 0 unspecified atom stereocenters. The first-order valence-electron chi connectivity index (χ1n) is 6.91. The van der Waals surface area contributed by atoms with Gasteiger partial charge in [0.05, 0.1) is 10.8 Å². The van der Waals surface area contributed by atoms with E-state index < -0.39 is 10.0 Å². The first-order valence-corrected chi connectivity index (χ1v) is 8.39. The molecule has 1 fully saturated rings. The quantitative estimate of drug-likeness (QED) is 0.764. The van der Waals surface area contributed by atoms with Crippen LogP contribution in [0.15, 0.2) is 23.1 Å². The molecule has 1 heterocycles. The highest BCUT2D eigenvalue weighted by atomic mass is 32.2. The van der Waals surface area contributed by atoms with Gasteiger partial charge >= 0.3 is 0 Å². The van der Waals surface area contributed by atoms with E-state index in [1.807, 2.05) is 13.8 Å². The van der Waals surface area contributed by atoms with Crippen molar-refractivity contribution < 1.29 is 13.2 Å². The van der Waals surface area contributed by atoms with Gasteiger partial charge in [-0.05, 0) is 44.1 Å². The van der Waals surface area contributed by atoms with Crippen LogP contribution in [0.3, 0.4) is 0 Å². The molecule has 1 aliphatic rings. The van der Waals surface area contributed by atoms with Crippen LogP contribution in [-0.2, 0) is 14.8 Å². The van der Waals surface area contributed by atoms with Crippen LogP contribution in [0.2, 0.25) is 0 Å². The SMILES string of the molecule is CNS(=O)(=O)c1ccc(C)c(NC(=O)[C@@H]2CNC[C@H]2C)c1. The van der Waals surface area contributed by atoms with Crippen molar-refractivity contribution >= 4 is 21.6 Å². The Labute approximate surface area is 125 Å². The van der Waals surface area contributed by atoms with Crippen molar-refractivity contribution in [3.63, 3.8) is 0 Å². The summed E-state index contributed by atoms with van der Waals surface area (Å²) in [7, 11) is -2.16. The van der Waals surface area contributed by atoms with Crippen LogP contribution in [0.1, 0.15) is 12.5 Å². The zero-order valence-electron chi connectivity index (χ0n) is 12.4. The molecule has 0 spiro atoms. The van der Waals surface area contributed by atoms with Gasteiger partial charge in [0.2, 0.25) is 15.9 Å². The van der Waals surface area contributed by atoms with E-state index in [2.05, 4.69) is 15.4 Å². The van der Waals surface area contributed by atoms with Gasteiger partial charge in [-0.3, -0.25) is 4.79 Å². The maximum Gasteiger partial charge on any atom is 0.240 e. The molecule has 1 aromatic rings. The molecule has 1 amide bonds. The molecule has 116 valence electrons. The number of anilines is 1. The van der Waals surface area contributed by atoms with Crippen LogP contribution < -0.4 is 15.4 Å². The fraction of sp³-hybridized carbons (Fsp3) is 0.500. The molecule has 0 aromatic heterocycles. The number of hydrogen-bond donors (Lipinski definition) is 3. The summed E-state index contributed by atoms with van der Waals surface area (Å²) < 4.78 is 25.9. The standard InChI is InChI=1S/C14H21N3O3S/c1-9-4-5-11(21(19,20)15-3)6-13(9)17-14(18)12-8-16-7-10(12)2/h4-6,10,12,15-16H,7-8H2,1-3H3,(H,17,18)/t10-,12-/m1/s1. The molecule has 7 heteroatoms. The minimum absolute atomic E-state index is 0.0744.